The number of carbonyl (C=O) groups excluding carboxylic acids is 1. The van der Waals surface area contributed by atoms with E-state index in [1.807, 2.05) is 6.92 Å². The molecule has 29 heavy (non-hydrogen) atoms. The van der Waals surface area contributed by atoms with Gasteiger partial charge in [-0.05, 0) is 57.0 Å². The number of benzene rings is 1. The Bertz CT molecular complexity index is 1030. The number of aryl methyl sites for hydroxylation is 2. The van der Waals surface area contributed by atoms with E-state index in [-0.39, 0.29) is 18.1 Å². The lowest BCUT2D eigenvalue weighted by molar-refractivity contribution is -0.144. The van der Waals surface area contributed by atoms with Gasteiger partial charge in [-0.15, -0.1) is 5.10 Å². The van der Waals surface area contributed by atoms with Crippen LogP contribution < -0.4 is 10.1 Å². The van der Waals surface area contributed by atoms with Gasteiger partial charge >= 0.3 is 6.18 Å². The van der Waals surface area contributed by atoms with Crippen molar-refractivity contribution >= 4 is 17.4 Å². The summed E-state index contributed by atoms with van der Waals surface area (Å²) in [7, 11) is 0. The van der Waals surface area contributed by atoms with Gasteiger partial charge in [-0.3, -0.25) is 4.79 Å². The molecule has 0 aliphatic heterocycles. The Morgan fingerprint density at radius 3 is 2.48 bits per heavy atom. The highest BCUT2D eigenvalue weighted by atomic mass is 19.4. The molecule has 0 spiro atoms. The average Bonchev–Trinajstić information content (AvgIpc) is 3.08. The Hall–Kier alpha value is -3.17. The lowest BCUT2D eigenvalue weighted by atomic mass is 10.1. The van der Waals surface area contributed by atoms with Crippen molar-refractivity contribution in [3.05, 3.63) is 47.0 Å². The Balaban J connectivity index is 1.71. The topological polar surface area (TPSA) is 81.4 Å². The van der Waals surface area contributed by atoms with Gasteiger partial charge in [-0.1, -0.05) is 0 Å². The molecule has 1 amide bonds. The molecule has 0 aliphatic rings. The first-order valence-corrected chi connectivity index (χ1v) is 9.01. The third-order valence-electron chi connectivity index (χ3n) is 4.35. The average molecular weight is 407 g/mol. The van der Waals surface area contributed by atoms with Crippen LogP contribution in [0.25, 0.3) is 5.78 Å². The largest absolute Gasteiger partial charge is 0.494 e. The van der Waals surface area contributed by atoms with Crippen LogP contribution in [0.15, 0.2) is 24.3 Å². The maximum atomic E-state index is 12.9. The zero-order chi connectivity index (χ0) is 21.2. The lowest BCUT2D eigenvalue weighted by Crippen LogP contribution is -2.14. The minimum atomic E-state index is -4.65. The van der Waals surface area contributed by atoms with E-state index in [2.05, 4.69) is 20.4 Å². The molecule has 0 radical (unpaired) electrons. The van der Waals surface area contributed by atoms with Crippen LogP contribution in [0, 0.1) is 13.8 Å². The summed E-state index contributed by atoms with van der Waals surface area (Å²) in [6, 6.07) is 6.99. The summed E-state index contributed by atoms with van der Waals surface area (Å²) < 4.78 is 45.0. The van der Waals surface area contributed by atoms with Crippen LogP contribution in [0.2, 0.25) is 0 Å². The normalized spacial score (nSPS) is 11.7. The quantitative estimate of drug-likeness (QED) is 0.673. The standard InChI is InChI=1S/C19H20F3N5O2/c1-4-29-14-7-5-13(6-8-14)24-16(28)10-9-15-11(2)23-18-25-17(19(20,21)22)26-27(18)12(15)3/h5-8H,4,9-10H2,1-3H3,(H,24,28). The zero-order valence-corrected chi connectivity index (χ0v) is 16.2. The predicted molar refractivity (Wildman–Crippen MR) is 99.8 cm³/mol. The number of alkyl halides is 3. The molecule has 3 aromatic rings. The highest BCUT2D eigenvalue weighted by molar-refractivity contribution is 5.90. The molecule has 0 aliphatic carbocycles. The molecule has 0 bridgehead atoms. The van der Waals surface area contributed by atoms with Crippen molar-refractivity contribution < 1.29 is 22.7 Å². The molecule has 1 aromatic carbocycles. The molecule has 2 aromatic heterocycles. The molecule has 3 rings (SSSR count). The summed E-state index contributed by atoms with van der Waals surface area (Å²) >= 11 is 0. The number of fused-ring (bicyclic) bond motifs is 1. The number of aromatic nitrogens is 4. The van der Waals surface area contributed by atoms with E-state index in [0.29, 0.717) is 41.4 Å². The monoisotopic (exact) mass is 407 g/mol. The summed E-state index contributed by atoms with van der Waals surface area (Å²) in [5.41, 5.74) is 2.29. The number of rotatable bonds is 6. The summed E-state index contributed by atoms with van der Waals surface area (Å²) in [4.78, 5) is 19.8. The van der Waals surface area contributed by atoms with Crippen LogP contribution in [0.1, 0.15) is 36.1 Å². The first-order valence-electron chi connectivity index (χ1n) is 9.01. The Morgan fingerprint density at radius 2 is 1.86 bits per heavy atom. The molecule has 0 saturated carbocycles. The number of halogens is 3. The van der Waals surface area contributed by atoms with Crippen molar-refractivity contribution in [3.8, 4) is 5.75 Å². The van der Waals surface area contributed by atoms with Crippen molar-refractivity contribution in [2.45, 2.75) is 39.8 Å². The van der Waals surface area contributed by atoms with Crippen molar-refractivity contribution in [2.24, 2.45) is 0 Å². The fourth-order valence-corrected chi connectivity index (χ4v) is 2.95. The second kappa shape index (κ2) is 8.06. The maximum absolute atomic E-state index is 12.9. The summed E-state index contributed by atoms with van der Waals surface area (Å²) in [6.45, 7) is 5.75. The number of hydrogen-bond donors (Lipinski definition) is 1. The summed E-state index contributed by atoms with van der Waals surface area (Å²) in [6.07, 6.45) is -4.20. The molecular weight excluding hydrogens is 387 g/mol. The second-order valence-corrected chi connectivity index (χ2v) is 6.41. The Morgan fingerprint density at radius 1 is 1.17 bits per heavy atom. The van der Waals surface area contributed by atoms with E-state index in [9.17, 15) is 18.0 Å². The number of nitrogens with zero attached hydrogens (tertiary/aromatic N) is 4. The smallest absolute Gasteiger partial charge is 0.453 e. The number of carbonyl (C=O) groups is 1. The van der Waals surface area contributed by atoms with Crippen LogP contribution in [-0.4, -0.2) is 32.1 Å². The fraction of sp³-hybridized carbons (Fsp3) is 0.368. The van der Waals surface area contributed by atoms with E-state index >= 15 is 0 Å². The van der Waals surface area contributed by atoms with Crippen molar-refractivity contribution in [3.63, 3.8) is 0 Å². The minimum absolute atomic E-state index is 0.116. The van der Waals surface area contributed by atoms with Gasteiger partial charge in [0.2, 0.25) is 5.91 Å². The molecule has 7 nitrogen and oxygen atoms in total. The van der Waals surface area contributed by atoms with E-state index in [4.69, 9.17) is 4.74 Å². The summed E-state index contributed by atoms with van der Waals surface area (Å²) in [5.74, 6) is -0.863. The van der Waals surface area contributed by atoms with Gasteiger partial charge in [0.25, 0.3) is 11.6 Å². The van der Waals surface area contributed by atoms with Gasteiger partial charge in [0.1, 0.15) is 5.75 Å². The number of hydrogen-bond acceptors (Lipinski definition) is 5. The van der Waals surface area contributed by atoms with Crippen molar-refractivity contribution in [2.75, 3.05) is 11.9 Å². The third kappa shape index (κ3) is 4.64. The fourth-order valence-electron chi connectivity index (χ4n) is 2.95. The molecular formula is C19H20F3N5O2. The lowest BCUT2D eigenvalue weighted by Gasteiger charge is -2.11. The Kier molecular flexibility index (Phi) is 5.71. The van der Waals surface area contributed by atoms with Gasteiger partial charge in [0.15, 0.2) is 0 Å². The highest BCUT2D eigenvalue weighted by Gasteiger charge is 2.36. The van der Waals surface area contributed by atoms with E-state index in [1.165, 1.54) is 0 Å². The zero-order valence-electron chi connectivity index (χ0n) is 16.2. The van der Waals surface area contributed by atoms with Crippen molar-refractivity contribution in [1.29, 1.82) is 0 Å². The van der Waals surface area contributed by atoms with Gasteiger partial charge < -0.3 is 10.1 Å². The van der Waals surface area contributed by atoms with Crippen LogP contribution in [-0.2, 0) is 17.4 Å². The minimum Gasteiger partial charge on any atom is -0.494 e. The molecule has 10 heteroatoms. The van der Waals surface area contributed by atoms with Gasteiger partial charge in [0.05, 0.1) is 6.61 Å². The number of nitrogens with one attached hydrogen (secondary N) is 1. The molecule has 0 unspecified atom stereocenters. The van der Waals surface area contributed by atoms with Crippen LogP contribution in [0.5, 0.6) is 5.75 Å². The van der Waals surface area contributed by atoms with E-state index < -0.39 is 12.0 Å². The molecule has 0 fully saturated rings. The number of ether oxygens (including phenoxy) is 1. The first-order chi connectivity index (χ1) is 13.7. The summed E-state index contributed by atoms with van der Waals surface area (Å²) in [5, 5.41) is 6.29. The highest BCUT2D eigenvalue weighted by Crippen LogP contribution is 2.27. The molecule has 0 saturated heterocycles. The van der Waals surface area contributed by atoms with Crippen LogP contribution in [0.3, 0.4) is 0 Å². The first kappa shape index (κ1) is 20.6. The second-order valence-electron chi connectivity index (χ2n) is 6.41. The Labute approximate surface area is 164 Å². The predicted octanol–water partition coefficient (Wildman–Crippen LogP) is 3.73. The van der Waals surface area contributed by atoms with Gasteiger partial charge in [-0.2, -0.15) is 18.2 Å². The van der Waals surface area contributed by atoms with Crippen LogP contribution >= 0.6 is 0 Å². The van der Waals surface area contributed by atoms with E-state index in [1.54, 1.807) is 38.1 Å². The molecule has 154 valence electrons. The molecule has 0 atom stereocenters. The van der Waals surface area contributed by atoms with E-state index in [0.717, 1.165) is 4.52 Å². The molecule has 1 N–H and O–H groups in total. The van der Waals surface area contributed by atoms with Gasteiger partial charge in [-0.25, -0.2) is 9.50 Å². The third-order valence-corrected chi connectivity index (χ3v) is 4.35. The number of anilines is 1. The number of amides is 1. The maximum Gasteiger partial charge on any atom is 0.453 e. The SMILES string of the molecule is CCOc1ccc(NC(=O)CCc2c(C)nc3nc(C(F)(F)F)nn3c2C)cc1. The van der Waals surface area contributed by atoms with Crippen LogP contribution in [0.4, 0.5) is 18.9 Å². The molecule has 2 heterocycles. The van der Waals surface area contributed by atoms with Crippen molar-refractivity contribution in [1.82, 2.24) is 19.6 Å². The van der Waals surface area contributed by atoms with Gasteiger partial charge in [0, 0.05) is 23.5 Å².